The molecule has 2 saturated heterocycles. The van der Waals surface area contributed by atoms with Gasteiger partial charge in [-0.2, -0.15) is 0 Å². The van der Waals surface area contributed by atoms with Crippen molar-refractivity contribution >= 4 is 0 Å². The average Bonchev–Trinajstić information content (AvgIpc) is 3.09. The standard InChI is InChI=1S/C15H20N6O/c1-11-13(3-2-4-14(11)21-10-17-18-19-21)15-8-20-6-5-16-7-12(20)9-22-15/h2-4,10,12,15-16H,5-9H2,1H3. The van der Waals surface area contributed by atoms with Crippen molar-refractivity contribution in [3.8, 4) is 5.69 Å². The highest BCUT2D eigenvalue weighted by atomic mass is 16.5. The molecule has 3 heterocycles. The Morgan fingerprint density at radius 3 is 3.18 bits per heavy atom. The summed E-state index contributed by atoms with van der Waals surface area (Å²) in [6.07, 6.45) is 1.74. The van der Waals surface area contributed by atoms with E-state index >= 15 is 0 Å². The number of aromatic nitrogens is 4. The lowest BCUT2D eigenvalue weighted by Crippen LogP contribution is -2.57. The first-order chi connectivity index (χ1) is 10.8. The number of benzene rings is 1. The molecular formula is C15H20N6O. The number of nitrogens with one attached hydrogen (secondary N) is 1. The molecule has 0 bridgehead atoms. The van der Waals surface area contributed by atoms with Gasteiger partial charge in [0.1, 0.15) is 6.33 Å². The van der Waals surface area contributed by atoms with E-state index in [1.165, 1.54) is 11.1 Å². The third kappa shape index (κ3) is 2.41. The second-order valence-corrected chi connectivity index (χ2v) is 5.92. The molecule has 0 amide bonds. The van der Waals surface area contributed by atoms with Crippen LogP contribution in [0.3, 0.4) is 0 Å². The lowest BCUT2D eigenvalue weighted by Gasteiger charge is -2.43. The van der Waals surface area contributed by atoms with Crippen LogP contribution in [0.25, 0.3) is 5.69 Å². The van der Waals surface area contributed by atoms with Gasteiger partial charge in [-0.3, -0.25) is 4.90 Å². The van der Waals surface area contributed by atoms with Crippen LogP contribution in [0.5, 0.6) is 0 Å². The summed E-state index contributed by atoms with van der Waals surface area (Å²) in [6.45, 7) is 7.03. The first-order valence-electron chi connectivity index (χ1n) is 7.72. The fourth-order valence-electron chi connectivity index (χ4n) is 3.40. The molecule has 1 N–H and O–H groups in total. The zero-order valence-electron chi connectivity index (χ0n) is 12.6. The number of tetrazole rings is 1. The summed E-state index contributed by atoms with van der Waals surface area (Å²) < 4.78 is 7.85. The minimum atomic E-state index is 0.116. The van der Waals surface area contributed by atoms with E-state index in [1.54, 1.807) is 11.0 Å². The van der Waals surface area contributed by atoms with Gasteiger partial charge in [-0.1, -0.05) is 12.1 Å². The normalized spacial score (nSPS) is 25.9. The molecule has 1 aromatic carbocycles. The Kier molecular flexibility index (Phi) is 3.61. The number of rotatable bonds is 2. The summed E-state index contributed by atoms with van der Waals surface area (Å²) in [6, 6.07) is 6.74. The third-order valence-corrected chi connectivity index (χ3v) is 4.65. The van der Waals surface area contributed by atoms with Gasteiger partial charge < -0.3 is 10.1 Å². The SMILES string of the molecule is Cc1c(C2CN3CCNCC3CO2)cccc1-n1cnnn1. The van der Waals surface area contributed by atoms with Crippen molar-refractivity contribution in [2.24, 2.45) is 0 Å². The molecule has 7 nitrogen and oxygen atoms in total. The topological polar surface area (TPSA) is 68.1 Å². The average molecular weight is 300 g/mol. The summed E-state index contributed by atoms with van der Waals surface area (Å²) in [5, 5.41) is 14.9. The number of piperazine rings is 1. The highest BCUT2D eigenvalue weighted by Gasteiger charge is 2.32. The zero-order chi connectivity index (χ0) is 14.9. The first kappa shape index (κ1) is 13.8. The Bertz CT molecular complexity index is 643. The second kappa shape index (κ2) is 5.75. The number of ether oxygens (including phenoxy) is 1. The number of hydrogen-bond acceptors (Lipinski definition) is 6. The highest BCUT2D eigenvalue weighted by molar-refractivity contribution is 5.45. The van der Waals surface area contributed by atoms with E-state index in [0.29, 0.717) is 6.04 Å². The van der Waals surface area contributed by atoms with E-state index in [9.17, 15) is 0 Å². The Morgan fingerprint density at radius 2 is 2.32 bits per heavy atom. The Balaban J connectivity index is 1.61. The van der Waals surface area contributed by atoms with Crippen LogP contribution in [0, 0.1) is 6.92 Å². The van der Waals surface area contributed by atoms with Gasteiger partial charge in [0, 0.05) is 32.2 Å². The molecule has 2 atom stereocenters. The molecule has 2 fully saturated rings. The molecule has 2 aliphatic rings. The van der Waals surface area contributed by atoms with Gasteiger partial charge in [0.05, 0.1) is 18.4 Å². The lowest BCUT2D eigenvalue weighted by atomic mass is 9.99. The van der Waals surface area contributed by atoms with Gasteiger partial charge >= 0.3 is 0 Å². The van der Waals surface area contributed by atoms with Gasteiger partial charge in [0.2, 0.25) is 0 Å². The number of morpholine rings is 1. The highest BCUT2D eigenvalue weighted by Crippen LogP contribution is 2.30. The molecule has 0 aliphatic carbocycles. The molecule has 4 rings (SSSR count). The van der Waals surface area contributed by atoms with Gasteiger partial charge in [0.15, 0.2) is 0 Å². The lowest BCUT2D eigenvalue weighted by molar-refractivity contribution is -0.0719. The van der Waals surface area contributed by atoms with Crippen molar-refractivity contribution in [3.05, 3.63) is 35.7 Å². The maximum Gasteiger partial charge on any atom is 0.143 e. The smallest absolute Gasteiger partial charge is 0.143 e. The minimum Gasteiger partial charge on any atom is -0.370 e. The van der Waals surface area contributed by atoms with Crippen LogP contribution in [0.1, 0.15) is 17.2 Å². The maximum absolute atomic E-state index is 6.14. The van der Waals surface area contributed by atoms with Crippen LogP contribution < -0.4 is 5.32 Å². The van der Waals surface area contributed by atoms with Gasteiger partial charge in [-0.15, -0.1) is 5.10 Å². The molecule has 1 aromatic heterocycles. The van der Waals surface area contributed by atoms with Crippen LogP contribution in [0.4, 0.5) is 0 Å². The quantitative estimate of drug-likeness (QED) is 0.861. The number of fused-ring (bicyclic) bond motifs is 1. The zero-order valence-corrected chi connectivity index (χ0v) is 12.6. The van der Waals surface area contributed by atoms with Crippen molar-refractivity contribution in [3.63, 3.8) is 0 Å². The van der Waals surface area contributed by atoms with Crippen LogP contribution in [-0.2, 0) is 4.74 Å². The monoisotopic (exact) mass is 300 g/mol. The van der Waals surface area contributed by atoms with E-state index < -0.39 is 0 Å². The molecule has 116 valence electrons. The van der Waals surface area contributed by atoms with Gasteiger partial charge in [-0.25, -0.2) is 4.68 Å². The van der Waals surface area contributed by atoms with E-state index in [2.05, 4.69) is 38.7 Å². The molecule has 2 aromatic rings. The number of nitrogens with zero attached hydrogens (tertiary/aromatic N) is 5. The third-order valence-electron chi connectivity index (χ3n) is 4.65. The summed E-state index contributed by atoms with van der Waals surface area (Å²) in [5.41, 5.74) is 3.41. The van der Waals surface area contributed by atoms with Gasteiger partial charge in [0.25, 0.3) is 0 Å². The molecule has 2 unspecified atom stereocenters. The first-order valence-corrected chi connectivity index (χ1v) is 7.72. The van der Waals surface area contributed by atoms with E-state index in [1.807, 2.05) is 12.1 Å². The van der Waals surface area contributed by atoms with Crippen molar-refractivity contribution in [2.75, 3.05) is 32.8 Å². The number of hydrogen-bond donors (Lipinski definition) is 1. The Labute approximate surface area is 129 Å². The van der Waals surface area contributed by atoms with E-state index in [-0.39, 0.29) is 6.10 Å². The predicted molar refractivity (Wildman–Crippen MR) is 80.8 cm³/mol. The minimum absolute atomic E-state index is 0.116. The summed E-state index contributed by atoms with van der Waals surface area (Å²) in [5.74, 6) is 0. The van der Waals surface area contributed by atoms with E-state index in [4.69, 9.17) is 4.74 Å². The van der Waals surface area contributed by atoms with Crippen LogP contribution in [0.2, 0.25) is 0 Å². The van der Waals surface area contributed by atoms with Crippen molar-refractivity contribution in [1.82, 2.24) is 30.4 Å². The molecule has 0 radical (unpaired) electrons. The molecule has 0 saturated carbocycles. The molecule has 2 aliphatic heterocycles. The largest absolute Gasteiger partial charge is 0.370 e. The molecular weight excluding hydrogens is 280 g/mol. The van der Waals surface area contributed by atoms with Gasteiger partial charge in [-0.05, 0) is 34.5 Å². The van der Waals surface area contributed by atoms with E-state index in [0.717, 1.165) is 38.5 Å². The summed E-state index contributed by atoms with van der Waals surface area (Å²) >= 11 is 0. The summed E-state index contributed by atoms with van der Waals surface area (Å²) in [4.78, 5) is 2.54. The second-order valence-electron chi connectivity index (χ2n) is 5.92. The molecule has 22 heavy (non-hydrogen) atoms. The van der Waals surface area contributed by atoms with Crippen LogP contribution in [0.15, 0.2) is 24.5 Å². The van der Waals surface area contributed by atoms with Crippen molar-refractivity contribution in [1.29, 1.82) is 0 Å². The molecule has 0 spiro atoms. The van der Waals surface area contributed by atoms with Crippen molar-refractivity contribution < 1.29 is 4.74 Å². The van der Waals surface area contributed by atoms with Crippen molar-refractivity contribution in [2.45, 2.75) is 19.1 Å². The van der Waals surface area contributed by atoms with Crippen LogP contribution in [-0.4, -0.2) is 63.9 Å². The molecule has 7 heteroatoms. The maximum atomic E-state index is 6.14. The Morgan fingerprint density at radius 1 is 1.36 bits per heavy atom. The predicted octanol–water partition coefficient (Wildman–Crippen LogP) is 0.316. The van der Waals surface area contributed by atoms with Crippen LogP contribution >= 0.6 is 0 Å². The summed E-state index contributed by atoms with van der Waals surface area (Å²) in [7, 11) is 0. The fraction of sp³-hybridized carbons (Fsp3) is 0.533. The Hall–Kier alpha value is -1.83. The fourth-order valence-corrected chi connectivity index (χ4v) is 3.40.